The highest BCUT2D eigenvalue weighted by Crippen LogP contribution is 2.47. The number of furan rings is 1. The molecule has 4 nitrogen and oxygen atoms in total. The van der Waals surface area contributed by atoms with Gasteiger partial charge in [0.1, 0.15) is 5.65 Å². The predicted octanol–water partition coefficient (Wildman–Crippen LogP) is 8.68. The second-order valence-electron chi connectivity index (χ2n) is 9.19. The first-order chi connectivity index (χ1) is 17.3. The first-order valence-electron chi connectivity index (χ1n) is 11.7. The van der Waals surface area contributed by atoms with E-state index in [1.165, 1.54) is 49.0 Å². The van der Waals surface area contributed by atoms with E-state index in [0.717, 1.165) is 27.8 Å². The SMILES string of the molecule is In1c2cccc3c2c2c1ccc1c4occc4n(c12)c1c3c2ccccc2n1-c1ccccc1. The fourth-order valence-corrected chi connectivity index (χ4v) is 7.08. The number of fused-ring (bicyclic) bond motifs is 8. The molecule has 0 saturated carbocycles. The van der Waals surface area contributed by atoms with Crippen LogP contribution in [0.1, 0.15) is 0 Å². The summed E-state index contributed by atoms with van der Waals surface area (Å²) >= 11 is 2.44. The maximum atomic E-state index is 6.10. The topological polar surface area (TPSA) is 27.4 Å². The normalized spacial score (nSPS) is 12.7. The molecule has 0 saturated heterocycles. The first-order valence-corrected chi connectivity index (χ1v) is 12.6. The number of para-hydroxylation sites is 2. The lowest BCUT2D eigenvalue weighted by Crippen LogP contribution is -1.97. The van der Waals surface area contributed by atoms with Crippen LogP contribution in [-0.4, -0.2) is 11.7 Å². The summed E-state index contributed by atoms with van der Waals surface area (Å²) in [4.78, 5) is 0. The van der Waals surface area contributed by atoms with Gasteiger partial charge in [0.25, 0.3) is 0 Å². The Kier molecular flexibility index (Phi) is 3.24. The zero-order valence-electron chi connectivity index (χ0n) is 18.4. The van der Waals surface area contributed by atoms with Crippen LogP contribution in [0.5, 0.6) is 0 Å². The van der Waals surface area contributed by atoms with E-state index in [9.17, 15) is 0 Å². The van der Waals surface area contributed by atoms with Gasteiger partial charge in [-0.3, -0.25) is 11.7 Å². The highest BCUT2D eigenvalue weighted by Gasteiger charge is 2.26. The number of hydrogen-bond acceptors (Lipinski definition) is 1. The molecular weight excluding hydrogens is 545 g/mol. The van der Waals surface area contributed by atoms with Gasteiger partial charge in [-0.05, 0) is 41.8 Å². The Balaban J connectivity index is 1.79. The second-order valence-corrected chi connectivity index (χ2v) is 10.2. The van der Waals surface area contributed by atoms with E-state index in [0.29, 0.717) is 0 Å². The van der Waals surface area contributed by atoms with E-state index in [4.69, 9.17) is 4.42 Å². The lowest BCUT2D eigenvalue weighted by molar-refractivity contribution is 0.619. The molecule has 4 aromatic carbocycles. The number of aromatic nitrogens is 3. The summed E-state index contributed by atoms with van der Waals surface area (Å²) in [5.41, 5.74) is 9.21. The van der Waals surface area contributed by atoms with Crippen LogP contribution < -0.4 is 0 Å². The smallest absolute Gasteiger partial charge is 0.160 e. The third-order valence-electron chi connectivity index (χ3n) is 7.57. The molecule has 35 heavy (non-hydrogen) atoms. The maximum absolute atomic E-state index is 6.10. The molecule has 164 valence electrons. The Labute approximate surface area is 212 Å². The standard InChI is InChI=1S/C30H16IN3O/c31-34-22-12-6-10-19-25-18-9-4-5-11-21(18)32(17-7-2-1-3-8-17)30(25)33-24-15-16-35-29(24)20-13-14-23(34)27(26(19)22)28(20)33/h1-16H. The van der Waals surface area contributed by atoms with Gasteiger partial charge in [0.15, 0.2) is 5.58 Å². The van der Waals surface area contributed by atoms with Crippen molar-refractivity contribution >= 4 is 94.0 Å². The summed E-state index contributed by atoms with van der Waals surface area (Å²) < 4.78 is 13.2. The number of halogens is 1. The minimum atomic E-state index is 0.937. The van der Waals surface area contributed by atoms with Crippen molar-refractivity contribution < 1.29 is 4.42 Å². The highest BCUT2D eigenvalue weighted by atomic mass is 127. The van der Waals surface area contributed by atoms with E-state index in [-0.39, 0.29) is 0 Å². The van der Waals surface area contributed by atoms with Crippen LogP contribution in [0, 0.1) is 0 Å². The maximum Gasteiger partial charge on any atom is 0.160 e. The minimum Gasteiger partial charge on any atom is -0.462 e. The van der Waals surface area contributed by atoms with Gasteiger partial charge < -0.3 is 4.42 Å². The Morgan fingerprint density at radius 2 is 1.34 bits per heavy atom. The Bertz CT molecular complexity index is 2280. The second kappa shape index (κ2) is 6.17. The first kappa shape index (κ1) is 18.4. The molecule has 0 fully saturated rings. The molecule has 0 bridgehead atoms. The molecule has 9 rings (SSSR count). The molecule has 5 aromatic heterocycles. The predicted molar refractivity (Wildman–Crippen MR) is 153 cm³/mol. The summed E-state index contributed by atoms with van der Waals surface area (Å²) in [6.07, 6.45) is 1.81. The van der Waals surface area contributed by atoms with Crippen molar-refractivity contribution in [3.63, 3.8) is 0 Å². The molecule has 0 radical (unpaired) electrons. The van der Waals surface area contributed by atoms with Crippen molar-refractivity contribution in [3.05, 3.63) is 97.3 Å². The fraction of sp³-hybridized carbons (Fsp3) is 0. The molecule has 5 heterocycles. The third kappa shape index (κ3) is 2.02. The van der Waals surface area contributed by atoms with Crippen LogP contribution in [0.15, 0.2) is 102 Å². The van der Waals surface area contributed by atoms with Crippen molar-refractivity contribution in [3.8, 4) is 5.69 Å². The van der Waals surface area contributed by atoms with Crippen LogP contribution >= 0.6 is 22.9 Å². The number of nitrogens with zero attached hydrogens (tertiary/aromatic N) is 3. The Hall–Kier alpha value is -3.97. The van der Waals surface area contributed by atoms with Crippen molar-refractivity contribution in [1.82, 2.24) is 11.7 Å². The third-order valence-corrected chi connectivity index (χ3v) is 8.61. The van der Waals surface area contributed by atoms with Gasteiger partial charge in [-0.25, -0.2) is 0 Å². The van der Waals surface area contributed by atoms with Gasteiger partial charge in [0.2, 0.25) is 0 Å². The molecule has 0 amide bonds. The molecule has 5 heteroatoms. The van der Waals surface area contributed by atoms with E-state index in [1.807, 2.05) is 6.26 Å². The molecule has 0 aliphatic heterocycles. The average molecular weight is 561 g/mol. The number of hydrogen-bond donors (Lipinski definition) is 0. The lowest BCUT2D eigenvalue weighted by atomic mass is 10.0. The molecule has 0 atom stereocenters. The van der Waals surface area contributed by atoms with Crippen LogP contribution in [0.4, 0.5) is 0 Å². The van der Waals surface area contributed by atoms with Crippen molar-refractivity contribution in [1.29, 1.82) is 0 Å². The monoisotopic (exact) mass is 561 g/mol. The van der Waals surface area contributed by atoms with Crippen LogP contribution in [0.3, 0.4) is 0 Å². The van der Waals surface area contributed by atoms with Crippen LogP contribution in [0.25, 0.3) is 76.8 Å². The van der Waals surface area contributed by atoms with E-state index < -0.39 is 0 Å². The van der Waals surface area contributed by atoms with Crippen molar-refractivity contribution in [2.24, 2.45) is 0 Å². The molecule has 9 aromatic rings. The summed E-state index contributed by atoms with van der Waals surface area (Å²) in [5.74, 6) is 0. The fourth-order valence-electron chi connectivity index (χ4n) is 6.27. The van der Waals surface area contributed by atoms with Crippen LogP contribution in [-0.2, 0) is 0 Å². The summed E-state index contributed by atoms with van der Waals surface area (Å²) in [6.45, 7) is 0. The van der Waals surface area contributed by atoms with E-state index in [1.54, 1.807) is 0 Å². The summed E-state index contributed by atoms with van der Waals surface area (Å²) in [6, 6.07) is 32.7. The molecule has 0 aliphatic rings. The van der Waals surface area contributed by atoms with E-state index in [2.05, 4.69) is 126 Å². The van der Waals surface area contributed by atoms with Gasteiger partial charge in [0.05, 0.1) is 56.7 Å². The Morgan fingerprint density at radius 3 is 2.26 bits per heavy atom. The molecule has 0 unspecified atom stereocenters. The minimum absolute atomic E-state index is 0.937. The summed E-state index contributed by atoms with van der Waals surface area (Å²) in [7, 11) is 0. The zero-order valence-corrected chi connectivity index (χ0v) is 20.5. The van der Waals surface area contributed by atoms with Gasteiger partial charge >= 0.3 is 0 Å². The van der Waals surface area contributed by atoms with Gasteiger partial charge in [-0.15, -0.1) is 0 Å². The lowest BCUT2D eigenvalue weighted by Gasteiger charge is -2.09. The van der Waals surface area contributed by atoms with Gasteiger partial charge in [0, 0.05) is 38.7 Å². The van der Waals surface area contributed by atoms with Gasteiger partial charge in [-0.1, -0.05) is 48.5 Å². The largest absolute Gasteiger partial charge is 0.462 e. The number of benzene rings is 4. The number of rotatable bonds is 1. The average Bonchev–Trinajstić information content (AvgIpc) is 3.62. The van der Waals surface area contributed by atoms with Crippen molar-refractivity contribution in [2.75, 3.05) is 0 Å². The Morgan fingerprint density at radius 1 is 0.571 bits per heavy atom. The van der Waals surface area contributed by atoms with Gasteiger partial charge in [-0.2, -0.15) is 0 Å². The molecular formula is C30H16IN3O. The van der Waals surface area contributed by atoms with E-state index >= 15 is 0 Å². The molecule has 0 N–H and O–H groups in total. The van der Waals surface area contributed by atoms with Crippen molar-refractivity contribution in [2.45, 2.75) is 0 Å². The molecule has 0 spiro atoms. The summed E-state index contributed by atoms with van der Waals surface area (Å²) in [5, 5.41) is 7.52. The highest BCUT2D eigenvalue weighted by molar-refractivity contribution is 14.1. The molecule has 0 aliphatic carbocycles. The quantitative estimate of drug-likeness (QED) is 0.184. The van der Waals surface area contributed by atoms with Crippen LogP contribution in [0.2, 0.25) is 0 Å². The zero-order chi connectivity index (χ0) is 22.8.